The topological polar surface area (TPSA) is 55.1 Å². The van der Waals surface area contributed by atoms with E-state index in [0.29, 0.717) is 4.88 Å². The zero-order valence-electron chi connectivity index (χ0n) is 11.2. The fourth-order valence-corrected chi connectivity index (χ4v) is 2.73. The minimum atomic E-state index is -0.466. The normalized spacial score (nSPS) is 9.90. The van der Waals surface area contributed by atoms with E-state index in [-0.39, 0.29) is 23.2 Å². The van der Waals surface area contributed by atoms with Gasteiger partial charge in [-0.2, -0.15) is 0 Å². The van der Waals surface area contributed by atoms with E-state index in [2.05, 4.69) is 17.2 Å². The van der Waals surface area contributed by atoms with Crippen molar-refractivity contribution >= 4 is 34.5 Å². The molecule has 3 N–H and O–H groups in total. The average molecular weight is 323 g/mol. The first-order chi connectivity index (χ1) is 10.0. The molecule has 0 aliphatic carbocycles. The van der Waals surface area contributed by atoms with Gasteiger partial charge in [0, 0.05) is 0 Å². The van der Waals surface area contributed by atoms with Gasteiger partial charge in [0.2, 0.25) is 0 Å². The number of hydrogen-bond donors (Lipinski definition) is 2. The Hall–Kier alpha value is -1.87. The number of nitrogens with one attached hydrogen (secondary N) is 1. The summed E-state index contributed by atoms with van der Waals surface area (Å²) in [5.41, 5.74) is 6.47. The van der Waals surface area contributed by atoms with Crippen LogP contribution in [0.5, 0.6) is 0 Å². The molecule has 21 heavy (non-hydrogen) atoms. The largest absolute Gasteiger partial charge is 0.320 e. The molecule has 1 aromatic heterocycles. The van der Waals surface area contributed by atoms with Gasteiger partial charge in [-0.05, 0) is 36.8 Å². The predicted molar refractivity (Wildman–Crippen MR) is 84.4 cm³/mol. The van der Waals surface area contributed by atoms with Crippen LogP contribution in [0.2, 0.25) is 5.02 Å². The zero-order chi connectivity index (χ0) is 15.4. The summed E-state index contributed by atoms with van der Waals surface area (Å²) in [5.74, 6) is 4.84. The fourth-order valence-electron chi connectivity index (χ4n) is 1.63. The molecule has 0 unspecified atom stereocenters. The van der Waals surface area contributed by atoms with Gasteiger partial charge < -0.3 is 11.1 Å². The lowest BCUT2D eigenvalue weighted by Gasteiger charge is -2.05. The van der Waals surface area contributed by atoms with Crippen molar-refractivity contribution in [2.24, 2.45) is 5.73 Å². The summed E-state index contributed by atoms with van der Waals surface area (Å²) < 4.78 is 13.2. The van der Waals surface area contributed by atoms with Gasteiger partial charge >= 0.3 is 0 Å². The smallest absolute Gasteiger partial charge is 0.265 e. The molecule has 1 amide bonds. The van der Waals surface area contributed by atoms with Gasteiger partial charge in [0.1, 0.15) is 5.82 Å². The van der Waals surface area contributed by atoms with Gasteiger partial charge in [0.05, 0.1) is 27.0 Å². The Morgan fingerprint density at radius 1 is 1.48 bits per heavy atom. The number of halogens is 2. The van der Waals surface area contributed by atoms with E-state index in [1.807, 2.05) is 6.92 Å². The molecule has 1 aromatic carbocycles. The number of aryl methyl sites for hydroxylation is 1. The minimum Gasteiger partial charge on any atom is -0.320 e. The molecule has 0 saturated heterocycles. The lowest BCUT2D eigenvalue weighted by atomic mass is 10.2. The van der Waals surface area contributed by atoms with Crippen molar-refractivity contribution in [2.75, 3.05) is 11.9 Å². The number of carbonyl (C=O) groups is 1. The molecule has 0 aliphatic rings. The highest BCUT2D eigenvalue weighted by Gasteiger charge is 2.13. The second-order valence-electron chi connectivity index (χ2n) is 4.21. The summed E-state index contributed by atoms with van der Waals surface area (Å²) in [7, 11) is 0. The molecular weight excluding hydrogens is 311 g/mol. The summed E-state index contributed by atoms with van der Waals surface area (Å²) >= 11 is 7.18. The fraction of sp³-hybridized carbons (Fsp3) is 0.133. The van der Waals surface area contributed by atoms with E-state index < -0.39 is 5.82 Å². The molecule has 0 spiro atoms. The van der Waals surface area contributed by atoms with E-state index in [0.717, 1.165) is 10.4 Å². The summed E-state index contributed by atoms with van der Waals surface area (Å²) in [6, 6.07) is 5.53. The number of benzene rings is 1. The van der Waals surface area contributed by atoms with Crippen LogP contribution < -0.4 is 11.1 Å². The number of thiophene rings is 1. The molecule has 0 atom stereocenters. The molecule has 2 rings (SSSR count). The highest BCUT2D eigenvalue weighted by Crippen LogP contribution is 2.25. The summed E-state index contributed by atoms with van der Waals surface area (Å²) in [5, 5.41) is 2.87. The van der Waals surface area contributed by atoms with Crippen molar-refractivity contribution in [3.8, 4) is 11.8 Å². The lowest BCUT2D eigenvalue weighted by molar-refractivity contribution is 0.103. The van der Waals surface area contributed by atoms with Crippen LogP contribution in [-0.2, 0) is 0 Å². The van der Waals surface area contributed by atoms with Crippen LogP contribution in [-0.4, -0.2) is 12.5 Å². The highest BCUT2D eigenvalue weighted by molar-refractivity contribution is 7.14. The standard InChI is InChI=1S/C15H12ClFN2OS/c1-9-7-14(21-13(9)3-2-6-18)15(20)19-12-8-10(17)4-5-11(12)16/h4-5,7-8H,6,18H2,1H3,(H,19,20). The third-order valence-electron chi connectivity index (χ3n) is 2.62. The maximum Gasteiger partial charge on any atom is 0.265 e. The Balaban J connectivity index is 2.23. The van der Waals surface area contributed by atoms with Gasteiger partial charge in [-0.3, -0.25) is 4.79 Å². The molecule has 0 radical (unpaired) electrons. The first-order valence-corrected chi connectivity index (χ1v) is 7.26. The Bertz CT molecular complexity index is 746. The third-order valence-corrected chi connectivity index (χ3v) is 4.10. The van der Waals surface area contributed by atoms with Crippen molar-refractivity contribution in [1.29, 1.82) is 0 Å². The number of rotatable bonds is 2. The number of carbonyl (C=O) groups excluding carboxylic acids is 1. The minimum absolute atomic E-state index is 0.238. The Morgan fingerprint density at radius 2 is 2.24 bits per heavy atom. The van der Waals surface area contributed by atoms with E-state index in [1.165, 1.54) is 29.5 Å². The molecule has 108 valence electrons. The Labute approximate surface area is 130 Å². The van der Waals surface area contributed by atoms with Crippen LogP contribution in [0.15, 0.2) is 24.3 Å². The van der Waals surface area contributed by atoms with E-state index in [9.17, 15) is 9.18 Å². The van der Waals surface area contributed by atoms with Crippen LogP contribution in [0.4, 0.5) is 10.1 Å². The van der Waals surface area contributed by atoms with Gasteiger partial charge in [-0.25, -0.2) is 4.39 Å². The van der Waals surface area contributed by atoms with E-state index in [4.69, 9.17) is 17.3 Å². The summed E-state index contributed by atoms with van der Waals surface area (Å²) in [6.45, 7) is 2.13. The quantitative estimate of drug-likeness (QED) is 0.832. The molecular formula is C15H12ClFN2OS. The van der Waals surface area contributed by atoms with Gasteiger partial charge in [0.25, 0.3) is 5.91 Å². The highest BCUT2D eigenvalue weighted by atomic mass is 35.5. The molecule has 0 saturated carbocycles. The SMILES string of the molecule is Cc1cc(C(=O)Nc2cc(F)ccc2Cl)sc1C#CCN. The first-order valence-electron chi connectivity index (χ1n) is 6.07. The monoisotopic (exact) mass is 322 g/mol. The lowest BCUT2D eigenvalue weighted by Crippen LogP contribution is -2.10. The zero-order valence-corrected chi connectivity index (χ0v) is 12.7. The molecule has 0 bridgehead atoms. The molecule has 6 heteroatoms. The van der Waals surface area contributed by atoms with Crippen LogP contribution in [0.25, 0.3) is 0 Å². The maximum absolute atomic E-state index is 13.2. The molecule has 1 heterocycles. The van der Waals surface area contributed by atoms with Gasteiger partial charge in [-0.15, -0.1) is 11.3 Å². The van der Waals surface area contributed by atoms with Crippen LogP contribution >= 0.6 is 22.9 Å². The second kappa shape index (κ2) is 6.72. The number of hydrogen-bond acceptors (Lipinski definition) is 3. The predicted octanol–water partition coefficient (Wildman–Crippen LogP) is 3.41. The Kier molecular flexibility index (Phi) is 4.97. The van der Waals surface area contributed by atoms with Crippen molar-refractivity contribution in [3.05, 3.63) is 50.4 Å². The maximum atomic E-state index is 13.2. The number of amides is 1. The van der Waals surface area contributed by atoms with Crippen molar-refractivity contribution in [1.82, 2.24) is 0 Å². The summed E-state index contributed by atoms with van der Waals surface area (Å²) in [6.07, 6.45) is 0. The molecule has 0 fully saturated rings. The third kappa shape index (κ3) is 3.82. The van der Waals surface area contributed by atoms with E-state index >= 15 is 0 Å². The van der Waals surface area contributed by atoms with Crippen LogP contribution in [0.3, 0.4) is 0 Å². The van der Waals surface area contributed by atoms with E-state index in [1.54, 1.807) is 6.07 Å². The second-order valence-corrected chi connectivity index (χ2v) is 5.67. The first kappa shape index (κ1) is 15.5. The van der Waals surface area contributed by atoms with Gasteiger partial charge in [-0.1, -0.05) is 23.4 Å². The molecule has 0 aliphatic heterocycles. The number of nitrogens with two attached hydrogens (primary N) is 1. The molecule has 3 nitrogen and oxygen atoms in total. The average Bonchev–Trinajstić information content (AvgIpc) is 2.82. The van der Waals surface area contributed by atoms with Crippen LogP contribution in [0, 0.1) is 24.6 Å². The Morgan fingerprint density at radius 3 is 2.95 bits per heavy atom. The van der Waals surface area contributed by atoms with Crippen molar-refractivity contribution in [3.63, 3.8) is 0 Å². The van der Waals surface area contributed by atoms with Crippen molar-refractivity contribution in [2.45, 2.75) is 6.92 Å². The van der Waals surface area contributed by atoms with Gasteiger partial charge in [0.15, 0.2) is 0 Å². The van der Waals surface area contributed by atoms with Crippen LogP contribution in [0.1, 0.15) is 20.1 Å². The van der Waals surface area contributed by atoms with Crippen molar-refractivity contribution < 1.29 is 9.18 Å². The molecule has 2 aromatic rings. The summed E-state index contributed by atoms with van der Waals surface area (Å²) in [4.78, 5) is 13.4. The number of anilines is 1.